The molecule has 1 saturated heterocycles. The van der Waals surface area contributed by atoms with Crippen molar-refractivity contribution in [3.05, 3.63) is 46.2 Å². The van der Waals surface area contributed by atoms with Crippen LogP contribution in [0.3, 0.4) is 0 Å². The molecule has 1 aliphatic rings. The average Bonchev–Trinajstić information content (AvgIpc) is 3.28. The second-order valence-corrected chi connectivity index (χ2v) is 6.88. The van der Waals surface area contributed by atoms with E-state index < -0.39 is 0 Å². The summed E-state index contributed by atoms with van der Waals surface area (Å²) < 4.78 is 17.3. The number of benzene rings is 1. The van der Waals surface area contributed by atoms with Gasteiger partial charge in [-0.1, -0.05) is 12.1 Å². The van der Waals surface area contributed by atoms with Crippen molar-refractivity contribution in [1.82, 2.24) is 5.32 Å². The average molecular weight is 384 g/mol. The monoisotopic (exact) mass is 383 g/mol. The molecule has 1 atom stereocenters. The molecule has 0 saturated carbocycles. The van der Waals surface area contributed by atoms with Crippen molar-refractivity contribution in [1.29, 1.82) is 0 Å². The Hall–Kier alpha value is -1.27. The molecule has 3 rings (SSSR count). The molecule has 6 heteroatoms. The third-order valence-corrected chi connectivity index (χ3v) is 4.83. The normalized spacial score (nSPS) is 16.4. The maximum Gasteiger partial charge on any atom is 0.161 e. The van der Waals surface area contributed by atoms with Gasteiger partial charge in [0.15, 0.2) is 11.5 Å². The van der Waals surface area contributed by atoms with Crippen LogP contribution in [0.2, 0.25) is 0 Å². The molecule has 1 aliphatic heterocycles. The van der Waals surface area contributed by atoms with Gasteiger partial charge in [0.1, 0.15) is 6.61 Å². The van der Waals surface area contributed by atoms with Gasteiger partial charge in [-0.05, 0) is 48.9 Å². The molecule has 2 heterocycles. The molecule has 1 fully saturated rings. The van der Waals surface area contributed by atoms with Gasteiger partial charge in [0.05, 0.1) is 12.7 Å². The predicted molar refractivity (Wildman–Crippen MR) is 104 cm³/mol. The van der Waals surface area contributed by atoms with Crippen molar-refractivity contribution < 1.29 is 14.2 Å². The molecule has 2 aromatic rings. The predicted octanol–water partition coefficient (Wildman–Crippen LogP) is 4.42. The van der Waals surface area contributed by atoms with Gasteiger partial charge in [0, 0.05) is 24.6 Å². The van der Waals surface area contributed by atoms with Crippen LogP contribution in [0.4, 0.5) is 0 Å². The highest BCUT2D eigenvalue weighted by atomic mass is 35.5. The molecule has 138 valence electrons. The maximum absolute atomic E-state index is 5.92. The summed E-state index contributed by atoms with van der Waals surface area (Å²) in [4.78, 5) is 1.21. The summed E-state index contributed by atoms with van der Waals surface area (Å²) >= 11 is 1.70. The smallest absolute Gasteiger partial charge is 0.161 e. The third-order valence-electron chi connectivity index (χ3n) is 3.98. The van der Waals surface area contributed by atoms with Gasteiger partial charge in [-0.15, -0.1) is 23.7 Å². The SMILES string of the molecule is CCOc1cc(CNCC2CCCO2)ccc1OCc1cccs1.Cl. The first kappa shape index (κ1) is 20.0. The highest BCUT2D eigenvalue weighted by molar-refractivity contribution is 7.09. The minimum atomic E-state index is 0. The van der Waals surface area contributed by atoms with Crippen molar-refractivity contribution >= 4 is 23.7 Å². The van der Waals surface area contributed by atoms with Crippen molar-refractivity contribution in [2.24, 2.45) is 0 Å². The fourth-order valence-corrected chi connectivity index (χ4v) is 3.39. The first-order valence-corrected chi connectivity index (χ1v) is 9.46. The molecule has 1 aromatic heterocycles. The van der Waals surface area contributed by atoms with E-state index >= 15 is 0 Å². The van der Waals surface area contributed by atoms with E-state index in [9.17, 15) is 0 Å². The van der Waals surface area contributed by atoms with E-state index in [-0.39, 0.29) is 12.4 Å². The van der Waals surface area contributed by atoms with Crippen LogP contribution in [0.15, 0.2) is 35.7 Å². The Labute approximate surface area is 159 Å². The minimum absolute atomic E-state index is 0. The Morgan fingerprint density at radius 2 is 2.16 bits per heavy atom. The lowest BCUT2D eigenvalue weighted by Gasteiger charge is -2.14. The van der Waals surface area contributed by atoms with E-state index in [1.165, 1.54) is 16.9 Å². The number of hydrogen-bond donors (Lipinski definition) is 1. The molecular weight excluding hydrogens is 358 g/mol. The lowest BCUT2D eigenvalue weighted by Crippen LogP contribution is -2.25. The van der Waals surface area contributed by atoms with E-state index in [0.717, 1.165) is 37.6 Å². The summed E-state index contributed by atoms with van der Waals surface area (Å²) in [7, 11) is 0. The van der Waals surface area contributed by atoms with Gasteiger partial charge < -0.3 is 19.5 Å². The van der Waals surface area contributed by atoms with Crippen molar-refractivity contribution in [2.45, 2.75) is 39.0 Å². The summed E-state index contributed by atoms with van der Waals surface area (Å²) in [6.45, 7) is 5.81. The van der Waals surface area contributed by atoms with Crippen LogP contribution in [0, 0.1) is 0 Å². The lowest BCUT2D eigenvalue weighted by atomic mass is 10.2. The second kappa shape index (κ2) is 10.7. The molecule has 0 radical (unpaired) electrons. The number of thiophene rings is 1. The van der Waals surface area contributed by atoms with Crippen LogP contribution in [-0.2, 0) is 17.9 Å². The van der Waals surface area contributed by atoms with Gasteiger partial charge >= 0.3 is 0 Å². The fourth-order valence-electron chi connectivity index (χ4n) is 2.78. The van der Waals surface area contributed by atoms with E-state index in [0.29, 0.717) is 19.3 Å². The van der Waals surface area contributed by atoms with Crippen LogP contribution in [-0.4, -0.2) is 25.9 Å². The summed E-state index contributed by atoms with van der Waals surface area (Å²) in [5.74, 6) is 1.61. The molecule has 1 unspecified atom stereocenters. The van der Waals surface area contributed by atoms with Gasteiger partial charge in [-0.3, -0.25) is 0 Å². The third kappa shape index (κ3) is 6.19. The Bertz CT molecular complexity index is 615. The van der Waals surface area contributed by atoms with E-state index in [1.54, 1.807) is 11.3 Å². The van der Waals surface area contributed by atoms with Gasteiger partial charge in [-0.2, -0.15) is 0 Å². The number of hydrogen-bond acceptors (Lipinski definition) is 5. The lowest BCUT2D eigenvalue weighted by molar-refractivity contribution is 0.110. The number of ether oxygens (including phenoxy) is 3. The molecule has 25 heavy (non-hydrogen) atoms. The standard InChI is InChI=1S/C19H25NO3S.ClH/c1-2-21-19-11-15(12-20-13-16-5-3-9-22-16)7-8-18(19)23-14-17-6-4-10-24-17;/h4,6-8,10-11,16,20H,2-3,5,9,12-14H2,1H3;1H. The zero-order valence-electron chi connectivity index (χ0n) is 14.5. The molecule has 0 spiro atoms. The highest BCUT2D eigenvalue weighted by Gasteiger charge is 2.14. The van der Waals surface area contributed by atoms with Crippen molar-refractivity contribution in [3.63, 3.8) is 0 Å². The van der Waals surface area contributed by atoms with Gasteiger partial charge in [-0.25, -0.2) is 0 Å². The molecule has 1 aromatic carbocycles. The van der Waals surface area contributed by atoms with Crippen LogP contribution >= 0.6 is 23.7 Å². The Morgan fingerprint density at radius 1 is 1.24 bits per heavy atom. The van der Waals surface area contributed by atoms with Gasteiger partial charge in [0.2, 0.25) is 0 Å². The molecule has 0 bridgehead atoms. The first-order valence-electron chi connectivity index (χ1n) is 8.58. The number of nitrogens with one attached hydrogen (secondary N) is 1. The van der Waals surface area contributed by atoms with E-state index in [4.69, 9.17) is 14.2 Å². The highest BCUT2D eigenvalue weighted by Crippen LogP contribution is 2.29. The molecule has 0 aliphatic carbocycles. The first-order chi connectivity index (χ1) is 11.8. The zero-order chi connectivity index (χ0) is 16.6. The van der Waals surface area contributed by atoms with E-state index in [1.807, 2.05) is 19.1 Å². The fraction of sp³-hybridized carbons (Fsp3) is 0.474. The topological polar surface area (TPSA) is 39.7 Å². The summed E-state index contributed by atoms with van der Waals surface area (Å²) in [6.07, 6.45) is 2.70. The van der Waals surface area contributed by atoms with Crippen molar-refractivity contribution in [2.75, 3.05) is 19.8 Å². The molecule has 1 N–H and O–H groups in total. The van der Waals surface area contributed by atoms with Crippen LogP contribution in [0.1, 0.15) is 30.2 Å². The zero-order valence-corrected chi connectivity index (χ0v) is 16.2. The summed E-state index contributed by atoms with van der Waals surface area (Å²) in [5, 5.41) is 5.53. The van der Waals surface area contributed by atoms with Crippen LogP contribution in [0.5, 0.6) is 11.5 Å². The number of halogens is 1. The van der Waals surface area contributed by atoms with E-state index in [2.05, 4.69) is 28.9 Å². The maximum atomic E-state index is 5.92. The Balaban J connectivity index is 0.00000225. The molecule has 0 amide bonds. The van der Waals surface area contributed by atoms with Crippen LogP contribution < -0.4 is 14.8 Å². The quantitative estimate of drug-likeness (QED) is 0.695. The molecule has 4 nitrogen and oxygen atoms in total. The Kier molecular flexibility index (Phi) is 8.55. The molecular formula is C19H26ClNO3S. The van der Waals surface area contributed by atoms with Crippen molar-refractivity contribution in [3.8, 4) is 11.5 Å². The van der Waals surface area contributed by atoms with Crippen LogP contribution in [0.25, 0.3) is 0 Å². The van der Waals surface area contributed by atoms with Gasteiger partial charge in [0.25, 0.3) is 0 Å². The summed E-state index contributed by atoms with van der Waals surface area (Å²) in [6, 6.07) is 10.3. The second-order valence-electron chi connectivity index (χ2n) is 5.85. The Morgan fingerprint density at radius 3 is 2.88 bits per heavy atom. The minimum Gasteiger partial charge on any atom is -0.490 e. The number of rotatable bonds is 9. The summed E-state index contributed by atoms with van der Waals surface area (Å²) in [5.41, 5.74) is 1.19. The largest absolute Gasteiger partial charge is 0.490 e.